The number of carbonyl (C=O) groups excluding carboxylic acids is 1. The second-order valence-electron chi connectivity index (χ2n) is 6.57. The summed E-state index contributed by atoms with van der Waals surface area (Å²) in [5.74, 6) is -0.0497. The molecule has 0 saturated heterocycles. The number of allylic oxidation sites excluding steroid dienone is 1. The molecule has 0 aliphatic carbocycles. The zero-order valence-corrected chi connectivity index (χ0v) is 18.6. The van der Waals surface area contributed by atoms with Gasteiger partial charge in [0.2, 0.25) is 5.88 Å². The van der Waals surface area contributed by atoms with E-state index < -0.39 is 5.97 Å². The van der Waals surface area contributed by atoms with E-state index in [0.29, 0.717) is 22.6 Å². The van der Waals surface area contributed by atoms with Gasteiger partial charge in [-0.25, -0.2) is 4.79 Å². The minimum absolute atomic E-state index is 0.0364. The lowest BCUT2D eigenvalue weighted by molar-refractivity contribution is 0.0734. The van der Waals surface area contributed by atoms with E-state index in [9.17, 15) is 10.1 Å². The van der Waals surface area contributed by atoms with E-state index in [-0.39, 0.29) is 11.8 Å². The number of nitrogens with zero attached hydrogens (tertiary/aromatic N) is 1. The fourth-order valence-corrected chi connectivity index (χ4v) is 3.78. The van der Waals surface area contributed by atoms with Crippen LogP contribution in [0.25, 0.3) is 0 Å². The van der Waals surface area contributed by atoms with Crippen LogP contribution in [0.4, 0.5) is 0 Å². The normalized spacial score (nSPS) is 15.0. The molecule has 0 bridgehead atoms. The number of ether oxygens (including phenoxy) is 2. The van der Waals surface area contributed by atoms with E-state index in [1.165, 1.54) is 0 Å². The van der Waals surface area contributed by atoms with Gasteiger partial charge in [-0.3, -0.25) is 0 Å². The summed E-state index contributed by atoms with van der Waals surface area (Å²) in [7, 11) is 0. The van der Waals surface area contributed by atoms with Gasteiger partial charge in [0.15, 0.2) is 0 Å². The fourth-order valence-electron chi connectivity index (χ4n) is 3.25. The average Bonchev–Trinajstić information content (AvgIpc) is 2.74. The standard InChI is InChI=1S/C23H14Br2N2O3/c24-15-5-1-13(2-6-15)21-18-10-9-17(11-20(18)30-22(27)19(21)12-26)29-23(28)14-3-7-16(25)8-4-14/h1-11,21H,27H2. The number of carbonyl (C=O) groups is 1. The van der Waals surface area contributed by atoms with Crippen molar-refractivity contribution in [1.29, 1.82) is 5.26 Å². The van der Waals surface area contributed by atoms with Crippen molar-refractivity contribution in [2.75, 3.05) is 0 Å². The summed E-state index contributed by atoms with van der Waals surface area (Å²) in [6.45, 7) is 0. The van der Waals surface area contributed by atoms with Gasteiger partial charge in [0.05, 0.1) is 11.5 Å². The molecule has 0 radical (unpaired) electrons. The Morgan fingerprint density at radius 2 is 1.63 bits per heavy atom. The molecule has 1 heterocycles. The monoisotopic (exact) mass is 524 g/mol. The highest BCUT2D eigenvalue weighted by molar-refractivity contribution is 9.10. The van der Waals surface area contributed by atoms with Crippen molar-refractivity contribution in [2.45, 2.75) is 5.92 Å². The van der Waals surface area contributed by atoms with E-state index in [4.69, 9.17) is 15.2 Å². The fraction of sp³-hybridized carbons (Fsp3) is 0.0435. The van der Waals surface area contributed by atoms with Gasteiger partial charge in [0.25, 0.3) is 0 Å². The number of hydrogen-bond acceptors (Lipinski definition) is 5. The molecule has 7 heteroatoms. The summed E-state index contributed by atoms with van der Waals surface area (Å²) in [5, 5.41) is 9.64. The van der Waals surface area contributed by atoms with Crippen molar-refractivity contribution in [2.24, 2.45) is 5.73 Å². The third-order valence-corrected chi connectivity index (χ3v) is 5.74. The van der Waals surface area contributed by atoms with Crippen LogP contribution in [0.3, 0.4) is 0 Å². The summed E-state index contributed by atoms with van der Waals surface area (Å²) in [6, 6.07) is 21.8. The topological polar surface area (TPSA) is 85.3 Å². The Morgan fingerprint density at radius 1 is 1.00 bits per heavy atom. The molecule has 1 unspecified atom stereocenters. The van der Waals surface area contributed by atoms with E-state index in [1.54, 1.807) is 42.5 Å². The maximum Gasteiger partial charge on any atom is 0.343 e. The lowest BCUT2D eigenvalue weighted by Crippen LogP contribution is -2.21. The quantitative estimate of drug-likeness (QED) is 0.353. The molecule has 1 aliphatic heterocycles. The first-order valence-electron chi connectivity index (χ1n) is 8.91. The summed E-state index contributed by atoms with van der Waals surface area (Å²) in [6.07, 6.45) is 0. The van der Waals surface area contributed by atoms with Crippen LogP contribution in [-0.4, -0.2) is 5.97 Å². The third kappa shape index (κ3) is 3.97. The highest BCUT2D eigenvalue weighted by Gasteiger charge is 2.31. The molecule has 0 spiro atoms. The molecule has 1 atom stereocenters. The second kappa shape index (κ2) is 8.34. The maximum absolute atomic E-state index is 12.4. The molecule has 4 rings (SSSR count). The predicted octanol–water partition coefficient (Wildman–Crippen LogP) is 5.65. The van der Waals surface area contributed by atoms with Crippen molar-refractivity contribution in [3.63, 3.8) is 0 Å². The largest absolute Gasteiger partial charge is 0.440 e. The van der Waals surface area contributed by atoms with E-state index in [0.717, 1.165) is 20.1 Å². The summed E-state index contributed by atoms with van der Waals surface area (Å²) in [4.78, 5) is 12.4. The highest BCUT2D eigenvalue weighted by Crippen LogP contribution is 2.43. The SMILES string of the molecule is N#CC1=C(N)Oc2cc(OC(=O)c3ccc(Br)cc3)ccc2C1c1ccc(Br)cc1. The summed E-state index contributed by atoms with van der Waals surface area (Å²) >= 11 is 6.76. The number of esters is 1. The molecule has 1 aliphatic rings. The summed E-state index contributed by atoms with van der Waals surface area (Å²) in [5.41, 5.74) is 8.47. The Kier molecular flexibility index (Phi) is 5.62. The Bertz CT molecular complexity index is 1200. The number of halogens is 2. The first-order valence-corrected chi connectivity index (χ1v) is 10.5. The Morgan fingerprint density at radius 3 is 2.27 bits per heavy atom. The number of nitrogens with two attached hydrogens (primary N) is 1. The molecule has 3 aromatic rings. The van der Waals surface area contributed by atoms with Gasteiger partial charge < -0.3 is 15.2 Å². The molecule has 30 heavy (non-hydrogen) atoms. The molecule has 0 saturated carbocycles. The van der Waals surface area contributed by atoms with Gasteiger partial charge in [0, 0.05) is 20.6 Å². The molecule has 3 aromatic carbocycles. The van der Waals surface area contributed by atoms with Gasteiger partial charge in [-0.15, -0.1) is 0 Å². The molecule has 0 fully saturated rings. The molecule has 0 amide bonds. The minimum Gasteiger partial charge on any atom is -0.440 e. The van der Waals surface area contributed by atoms with E-state index in [1.807, 2.05) is 24.3 Å². The van der Waals surface area contributed by atoms with Gasteiger partial charge in [0.1, 0.15) is 23.1 Å². The first-order chi connectivity index (χ1) is 14.5. The van der Waals surface area contributed by atoms with Crippen molar-refractivity contribution < 1.29 is 14.3 Å². The molecule has 148 valence electrons. The van der Waals surface area contributed by atoms with Gasteiger partial charge >= 0.3 is 5.97 Å². The Hall–Kier alpha value is -3.08. The first kappa shape index (κ1) is 20.2. The van der Waals surface area contributed by atoms with Crippen LogP contribution in [-0.2, 0) is 0 Å². The van der Waals surface area contributed by atoms with Gasteiger partial charge in [-0.2, -0.15) is 5.26 Å². The van der Waals surface area contributed by atoms with Crippen molar-refractivity contribution in [1.82, 2.24) is 0 Å². The van der Waals surface area contributed by atoms with E-state index >= 15 is 0 Å². The summed E-state index contributed by atoms with van der Waals surface area (Å²) < 4.78 is 13.0. The van der Waals surface area contributed by atoms with Crippen LogP contribution < -0.4 is 15.2 Å². The lowest BCUT2D eigenvalue weighted by atomic mass is 9.83. The van der Waals surface area contributed by atoms with Gasteiger partial charge in [-0.1, -0.05) is 50.1 Å². The molecular weight excluding hydrogens is 512 g/mol. The zero-order valence-electron chi connectivity index (χ0n) is 15.4. The number of fused-ring (bicyclic) bond motifs is 1. The highest BCUT2D eigenvalue weighted by atomic mass is 79.9. The molecular formula is C23H14Br2N2O3. The van der Waals surface area contributed by atoms with Crippen LogP contribution in [0, 0.1) is 11.3 Å². The van der Waals surface area contributed by atoms with Crippen molar-refractivity contribution >= 4 is 37.8 Å². The van der Waals surface area contributed by atoms with Crippen LogP contribution in [0.15, 0.2) is 87.1 Å². The minimum atomic E-state index is -0.482. The lowest BCUT2D eigenvalue weighted by Gasteiger charge is -2.26. The smallest absolute Gasteiger partial charge is 0.343 e. The van der Waals surface area contributed by atoms with Crippen molar-refractivity contribution in [3.8, 4) is 17.6 Å². The Labute approximate surface area is 190 Å². The predicted molar refractivity (Wildman–Crippen MR) is 119 cm³/mol. The molecule has 5 nitrogen and oxygen atoms in total. The van der Waals surface area contributed by atoms with Crippen molar-refractivity contribution in [3.05, 3.63) is 104 Å². The number of benzene rings is 3. The van der Waals surface area contributed by atoms with Crippen LogP contribution in [0.5, 0.6) is 11.5 Å². The van der Waals surface area contributed by atoms with Gasteiger partial charge in [-0.05, 0) is 48.0 Å². The zero-order chi connectivity index (χ0) is 21.3. The maximum atomic E-state index is 12.4. The number of hydrogen-bond donors (Lipinski definition) is 1. The molecule has 0 aromatic heterocycles. The number of rotatable bonds is 3. The van der Waals surface area contributed by atoms with E-state index in [2.05, 4.69) is 37.9 Å². The van der Waals surface area contributed by atoms with Crippen LogP contribution in [0.1, 0.15) is 27.4 Å². The average molecular weight is 526 g/mol. The Balaban J connectivity index is 1.68. The third-order valence-electron chi connectivity index (χ3n) is 4.68. The van der Waals surface area contributed by atoms with Crippen LogP contribution in [0.2, 0.25) is 0 Å². The van der Waals surface area contributed by atoms with Crippen LogP contribution >= 0.6 is 31.9 Å². The second-order valence-corrected chi connectivity index (χ2v) is 8.40. The molecule has 2 N–H and O–H groups in total. The number of nitriles is 1.